The molecule has 2 N–H and O–H groups in total. The van der Waals surface area contributed by atoms with Gasteiger partial charge in [0.2, 0.25) is 0 Å². The number of halogens is 2. The van der Waals surface area contributed by atoms with Crippen molar-refractivity contribution in [2.45, 2.75) is 13.5 Å². The third-order valence-corrected chi connectivity index (χ3v) is 3.13. The van der Waals surface area contributed by atoms with E-state index in [0.717, 1.165) is 16.9 Å². The average Bonchev–Trinajstić information content (AvgIpc) is 2.64. The maximum Gasteiger partial charge on any atom is 0.0661 e. The zero-order valence-corrected chi connectivity index (χ0v) is 10.3. The summed E-state index contributed by atoms with van der Waals surface area (Å²) in [7, 11) is 0. The lowest BCUT2D eigenvalue weighted by molar-refractivity contribution is 0.863. The Morgan fingerprint density at radius 2 is 2.06 bits per heavy atom. The molecular weight excluding hydrogens is 245 g/mol. The number of rotatable bonds is 2. The van der Waals surface area contributed by atoms with Crippen LogP contribution in [0.1, 0.15) is 11.3 Å². The van der Waals surface area contributed by atoms with Gasteiger partial charge in [-0.25, -0.2) is 4.68 Å². The lowest BCUT2D eigenvalue weighted by Gasteiger charge is -2.02. The molecular formula is C11H11Cl2N3. The highest BCUT2D eigenvalue weighted by molar-refractivity contribution is 6.42. The summed E-state index contributed by atoms with van der Waals surface area (Å²) in [5.74, 6) is 0. The molecule has 0 atom stereocenters. The van der Waals surface area contributed by atoms with Crippen LogP contribution in [-0.2, 0) is 6.54 Å². The second kappa shape index (κ2) is 4.45. The van der Waals surface area contributed by atoms with Crippen LogP contribution in [-0.4, -0.2) is 9.78 Å². The van der Waals surface area contributed by atoms with Crippen LogP contribution >= 0.6 is 23.2 Å². The molecule has 5 heteroatoms. The highest BCUT2D eigenvalue weighted by Gasteiger charge is 2.06. The number of nitrogens with zero attached hydrogens (tertiary/aromatic N) is 2. The normalized spacial score (nSPS) is 10.8. The van der Waals surface area contributed by atoms with Crippen molar-refractivity contribution < 1.29 is 0 Å². The number of hydrogen-bond donors (Lipinski definition) is 1. The lowest BCUT2D eigenvalue weighted by Crippen LogP contribution is -1.96. The van der Waals surface area contributed by atoms with E-state index in [4.69, 9.17) is 28.9 Å². The van der Waals surface area contributed by atoms with Crippen LogP contribution in [0.15, 0.2) is 24.4 Å². The van der Waals surface area contributed by atoms with Crippen LogP contribution in [0.4, 0.5) is 0 Å². The summed E-state index contributed by atoms with van der Waals surface area (Å²) in [5.41, 5.74) is 8.41. The minimum absolute atomic E-state index is 0.479. The number of benzene rings is 1. The summed E-state index contributed by atoms with van der Waals surface area (Å²) in [5, 5.41) is 5.41. The Kier molecular flexibility index (Phi) is 3.19. The zero-order valence-electron chi connectivity index (χ0n) is 8.74. The van der Waals surface area contributed by atoms with E-state index in [1.54, 1.807) is 16.8 Å². The fourth-order valence-electron chi connectivity index (χ4n) is 1.46. The average molecular weight is 256 g/mol. The van der Waals surface area contributed by atoms with Crippen molar-refractivity contribution in [3.05, 3.63) is 45.7 Å². The first-order valence-electron chi connectivity index (χ1n) is 4.82. The lowest BCUT2D eigenvalue weighted by atomic mass is 10.3. The van der Waals surface area contributed by atoms with Gasteiger partial charge in [-0.3, -0.25) is 0 Å². The first kappa shape index (κ1) is 11.5. The first-order valence-corrected chi connectivity index (χ1v) is 5.58. The van der Waals surface area contributed by atoms with E-state index in [1.807, 2.05) is 19.2 Å². The molecule has 0 unspecified atom stereocenters. The molecule has 16 heavy (non-hydrogen) atoms. The van der Waals surface area contributed by atoms with Gasteiger partial charge < -0.3 is 5.73 Å². The van der Waals surface area contributed by atoms with E-state index < -0.39 is 0 Å². The van der Waals surface area contributed by atoms with Crippen LogP contribution < -0.4 is 5.73 Å². The molecule has 1 aromatic heterocycles. The summed E-state index contributed by atoms with van der Waals surface area (Å²) in [6.45, 7) is 2.41. The topological polar surface area (TPSA) is 43.8 Å². The van der Waals surface area contributed by atoms with E-state index in [0.29, 0.717) is 16.6 Å². The van der Waals surface area contributed by atoms with Crippen molar-refractivity contribution >= 4 is 23.2 Å². The highest BCUT2D eigenvalue weighted by atomic mass is 35.5. The summed E-state index contributed by atoms with van der Waals surface area (Å²) < 4.78 is 1.75. The minimum atomic E-state index is 0.479. The van der Waals surface area contributed by atoms with Gasteiger partial charge in [0.25, 0.3) is 0 Å². The Hall–Kier alpha value is -1.03. The van der Waals surface area contributed by atoms with Crippen molar-refractivity contribution in [2.75, 3.05) is 0 Å². The second-order valence-electron chi connectivity index (χ2n) is 3.49. The van der Waals surface area contributed by atoms with Crippen LogP contribution in [0.5, 0.6) is 0 Å². The Balaban J connectivity index is 2.46. The van der Waals surface area contributed by atoms with Gasteiger partial charge in [-0.05, 0) is 25.1 Å². The van der Waals surface area contributed by atoms with E-state index >= 15 is 0 Å². The summed E-state index contributed by atoms with van der Waals surface area (Å²) in [6, 6.07) is 5.38. The van der Waals surface area contributed by atoms with Gasteiger partial charge in [0.05, 0.1) is 21.4 Å². The summed E-state index contributed by atoms with van der Waals surface area (Å²) >= 11 is 11.8. The molecule has 0 amide bonds. The van der Waals surface area contributed by atoms with E-state index in [2.05, 4.69) is 5.10 Å². The molecule has 0 saturated heterocycles. The van der Waals surface area contributed by atoms with Crippen LogP contribution in [0.25, 0.3) is 5.69 Å². The standard InChI is InChI=1S/C11H11Cl2N3/c1-7-8(5-14)6-16(15-7)9-2-3-10(12)11(13)4-9/h2-4,6H,5,14H2,1H3. The Morgan fingerprint density at radius 1 is 1.31 bits per heavy atom. The van der Waals surface area contributed by atoms with Crippen molar-refractivity contribution in [3.8, 4) is 5.69 Å². The van der Waals surface area contributed by atoms with Crippen LogP contribution in [0, 0.1) is 6.92 Å². The second-order valence-corrected chi connectivity index (χ2v) is 4.30. The molecule has 84 valence electrons. The van der Waals surface area contributed by atoms with Gasteiger partial charge in [0, 0.05) is 18.3 Å². The predicted octanol–water partition coefficient (Wildman–Crippen LogP) is 2.95. The fraction of sp³-hybridized carbons (Fsp3) is 0.182. The van der Waals surface area contributed by atoms with E-state index in [-0.39, 0.29) is 0 Å². The SMILES string of the molecule is Cc1nn(-c2ccc(Cl)c(Cl)c2)cc1CN. The molecule has 1 aromatic carbocycles. The van der Waals surface area contributed by atoms with Gasteiger partial charge in [-0.1, -0.05) is 23.2 Å². The largest absolute Gasteiger partial charge is 0.326 e. The monoisotopic (exact) mass is 255 g/mol. The number of hydrogen-bond acceptors (Lipinski definition) is 2. The van der Waals surface area contributed by atoms with Crippen molar-refractivity contribution in [1.29, 1.82) is 0 Å². The third-order valence-electron chi connectivity index (χ3n) is 2.39. The fourth-order valence-corrected chi connectivity index (χ4v) is 1.75. The van der Waals surface area contributed by atoms with Gasteiger partial charge in [0.15, 0.2) is 0 Å². The number of nitrogens with two attached hydrogens (primary N) is 1. The molecule has 0 aliphatic heterocycles. The molecule has 0 bridgehead atoms. The maximum absolute atomic E-state index is 5.95. The molecule has 0 aliphatic rings. The van der Waals surface area contributed by atoms with Crippen molar-refractivity contribution in [2.24, 2.45) is 5.73 Å². The minimum Gasteiger partial charge on any atom is -0.326 e. The maximum atomic E-state index is 5.95. The van der Waals surface area contributed by atoms with Crippen molar-refractivity contribution in [3.63, 3.8) is 0 Å². The highest BCUT2D eigenvalue weighted by Crippen LogP contribution is 2.24. The smallest absolute Gasteiger partial charge is 0.0661 e. The molecule has 0 fully saturated rings. The van der Waals surface area contributed by atoms with E-state index in [1.165, 1.54) is 0 Å². The predicted molar refractivity (Wildman–Crippen MR) is 66.2 cm³/mol. The van der Waals surface area contributed by atoms with Crippen LogP contribution in [0.3, 0.4) is 0 Å². The molecule has 0 saturated carbocycles. The molecule has 0 aliphatic carbocycles. The van der Waals surface area contributed by atoms with Gasteiger partial charge in [0.1, 0.15) is 0 Å². The van der Waals surface area contributed by atoms with E-state index in [9.17, 15) is 0 Å². The molecule has 0 radical (unpaired) electrons. The molecule has 2 aromatic rings. The molecule has 1 heterocycles. The van der Waals surface area contributed by atoms with Gasteiger partial charge in [-0.15, -0.1) is 0 Å². The quantitative estimate of drug-likeness (QED) is 0.897. The number of aromatic nitrogens is 2. The Labute approximate surface area is 104 Å². The number of aryl methyl sites for hydroxylation is 1. The molecule has 3 nitrogen and oxygen atoms in total. The Morgan fingerprint density at radius 3 is 2.62 bits per heavy atom. The molecule has 0 spiro atoms. The third kappa shape index (κ3) is 2.07. The van der Waals surface area contributed by atoms with Crippen molar-refractivity contribution in [1.82, 2.24) is 9.78 Å². The van der Waals surface area contributed by atoms with Crippen LogP contribution in [0.2, 0.25) is 10.0 Å². The first-order chi connectivity index (χ1) is 7.61. The summed E-state index contributed by atoms with van der Waals surface area (Å²) in [4.78, 5) is 0. The zero-order chi connectivity index (χ0) is 11.7. The Bertz CT molecular complexity index is 520. The van der Waals surface area contributed by atoms with Gasteiger partial charge in [-0.2, -0.15) is 5.10 Å². The molecule has 2 rings (SSSR count). The summed E-state index contributed by atoms with van der Waals surface area (Å²) in [6.07, 6.45) is 1.90. The van der Waals surface area contributed by atoms with Gasteiger partial charge >= 0.3 is 0 Å².